The second-order valence-electron chi connectivity index (χ2n) is 5.27. The van der Waals surface area contributed by atoms with E-state index in [0.29, 0.717) is 38.7 Å². The zero-order valence-corrected chi connectivity index (χ0v) is 11.5. The molecule has 2 rings (SSSR count). The summed E-state index contributed by atoms with van der Waals surface area (Å²) >= 11 is 0. The van der Waals surface area contributed by atoms with Gasteiger partial charge in [-0.15, -0.1) is 0 Å². The van der Waals surface area contributed by atoms with Crippen LogP contribution < -0.4 is 10.6 Å². The van der Waals surface area contributed by atoms with Crippen molar-refractivity contribution in [3.8, 4) is 0 Å². The molecule has 2 aliphatic rings. The summed E-state index contributed by atoms with van der Waals surface area (Å²) in [6, 6.07) is 0.394. The van der Waals surface area contributed by atoms with Crippen LogP contribution in [-0.4, -0.2) is 62.7 Å². The van der Waals surface area contributed by atoms with Gasteiger partial charge >= 0.3 is 0 Å². The van der Waals surface area contributed by atoms with Crippen LogP contribution in [0.5, 0.6) is 0 Å². The van der Waals surface area contributed by atoms with Crippen molar-refractivity contribution in [3.05, 3.63) is 0 Å². The third kappa shape index (κ3) is 3.91. The first-order chi connectivity index (χ1) is 9.20. The number of hydrogen-bond donors (Lipinski definition) is 2. The first-order valence-corrected chi connectivity index (χ1v) is 6.98. The molecule has 0 spiro atoms. The lowest BCUT2D eigenvalue weighted by atomic mass is 10.1. The van der Waals surface area contributed by atoms with Crippen LogP contribution in [0.3, 0.4) is 0 Å². The molecule has 2 unspecified atom stereocenters. The zero-order chi connectivity index (χ0) is 13.7. The molecule has 0 aromatic heterocycles. The van der Waals surface area contributed by atoms with Crippen molar-refractivity contribution >= 4 is 11.8 Å². The molecule has 0 saturated carbocycles. The van der Waals surface area contributed by atoms with E-state index in [4.69, 9.17) is 4.74 Å². The van der Waals surface area contributed by atoms with Crippen LogP contribution in [0.25, 0.3) is 0 Å². The monoisotopic (exact) mass is 269 g/mol. The highest BCUT2D eigenvalue weighted by Crippen LogP contribution is 2.17. The summed E-state index contributed by atoms with van der Waals surface area (Å²) in [5.41, 5.74) is 0. The highest BCUT2D eigenvalue weighted by Gasteiger charge is 2.34. The van der Waals surface area contributed by atoms with Gasteiger partial charge in [0.15, 0.2) is 0 Å². The van der Waals surface area contributed by atoms with E-state index in [2.05, 4.69) is 10.6 Å². The third-order valence-electron chi connectivity index (χ3n) is 3.84. The number of nitrogens with one attached hydrogen (secondary N) is 2. The Hall–Kier alpha value is -1.14. The number of rotatable bonds is 6. The lowest BCUT2D eigenvalue weighted by molar-refractivity contribution is -0.129. The molecule has 2 fully saturated rings. The van der Waals surface area contributed by atoms with Gasteiger partial charge in [-0.1, -0.05) is 0 Å². The van der Waals surface area contributed by atoms with Gasteiger partial charge in [0.1, 0.15) is 0 Å². The molecule has 2 saturated heterocycles. The van der Waals surface area contributed by atoms with Crippen LogP contribution in [0.2, 0.25) is 0 Å². The van der Waals surface area contributed by atoms with E-state index in [1.807, 2.05) is 0 Å². The van der Waals surface area contributed by atoms with Crippen LogP contribution in [0.15, 0.2) is 0 Å². The molecule has 108 valence electrons. The fraction of sp³-hybridized carbons (Fsp3) is 0.846. The van der Waals surface area contributed by atoms with Gasteiger partial charge < -0.3 is 20.3 Å². The Kier molecular flexibility index (Phi) is 5.15. The number of carbonyl (C=O) groups excluding carboxylic acids is 2. The lowest BCUT2D eigenvalue weighted by Gasteiger charge is -2.16. The van der Waals surface area contributed by atoms with Crippen molar-refractivity contribution in [2.45, 2.75) is 25.3 Å². The van der Waals surface area contributed by atoms with Crippen molar-refractivity contribution in [3.63, 3.8) is 0 Å². The maximum atomic E-state index is 12.0. The van der Waals surface area contributed by atoms with Crippen molar-refractivity contribution in [2.24, 2.45) is 5.92 Å². The second-order valence-corrected chi connectivity index (χ2v) is 5.27. The van der Waals surface area contributed by atoms with E-state index >= 15 is 0 Å². The van der Waals surface area contributed by atoms with Crippen LogP contribution in [0, 0.1) is 5.92 Å². The molecule has 0 aromatic rings. The van der Waals surface area contributed by atoms with Crippen molar-refractivity contribution < 1.29 is 14.3 Å². The molecule has 2 atom stereocenters. The highest BCUT2D eigenvalue weighted by atomic mass is 16.5. The quantitative estimate of drug-likeness (QED) is 0.672. The molecule has 0 bridgehead atoms. The fourth-order valence-corrected chi connectivity index (χ4v) is 2.66. The minimum atomic E-state index is -0.203. The topological polar surface area (TPSA) is 70.7 Å². The molecule has 0 aromatic carbocycles. The largest absolute Gasteiger partial charge is 0.383 e. The number of likely N-dealkylation sites (tertiary alicyclic amines) is 1. The van der Waals surface area contributed by atoms with E-state index in [0.717, 1.165) is 13.0 Å². The van der Waals surface area contributed by atoms with E-state index in [1.54, 1.807) is 12.0 Å². The van der Waals surface area contributed by atoms with Crippen LogP contribution in [0.4, 0.5) is 0 Å². The number of ether oxygens (including phenoxy) is 1. The maximum absolute atomic E-state index is 12.0. The smallest absolute Gasteiger partial charge is 0.225 e. The second kappa shape index (κ2) is 6.86. The SMILES string of the molecule is COCCN1CC(C(=O)NCC2CCCN2)CC1=O. The van der Waals surface area contributed by atoms with Crippen molar-refractivity contribution in [1.82, 2.24) is 15.5 Å². The zero-order valence-electron chi connectivity index (χ0n) is 11.5. The number of nitrogens with zero attached hydrogens (tertiary/aromatic N) is 1. The molecule has 2 amide bonds. The minimum Gasteiger partial charge on any atom is -0.383 e. The predicted molar refractivity (Wildman–Crippen MR) is 70.6 cm³/mol. The van der Waals surface area contributed by atoms with Crippen LogP contribution in [0.1, 0.15) is 19.3 Å². The van der Waals surface area contributed by atoms with Gasteiger partial charge in [-0.2, -0.15) is 0 Å². The highest BCUT2D eigenvalue weighted by molar-refractivity contribution is 5.89. The summed E-state index contributed by atoms with van der Waals surface area (Å²) in [5.74, 6) is -0.149. The standard InChI is InChI=1S/C13H23N3O3/c1-19-6-5-16-9-10(7-12(16)17)13(18)15-8-11-3-2-4-14-11/h10-11,14H,2-9H2,1H3,(H,15,18). The Bertz CT molecular complexity index is 329. The first kappa shape index (κ1) is 14.3. The molecular weight excluding hydrogens is 246 g/mol. The third-order valence-corrected chi connectivity index (χ3v) is 3.84. The molecule has 2 N–H and O–H groups in total. The van der Waals surface area contributed by atoms with E-state index in [-0.39, 0.29) is 17.7 Å². The fourth-order valence-electron chi connectivity index (χ4n) is 2.66. The van der Waals surface area contributed by atoms with E-state index in [9.17, 15) is 9.59 Å². The summed E-state index contributed by atoms with van der Waals surface area (Å²) in [6.45, 7) is 3.32. The normalized spacial score (nSPS) is 27.0. The Morgan fingerprint density at radius 2 is 2.42 bits per heavy atom. The Morgan fingerprint density at radius 3 is 3.11 bits per heavy atom. The van der Waals surface area contributed by atoms with E-state index < -0.39 is 0 Å². The van der Waals surface area contributed by atoms with Gasteiger partial charge in [-0.05, 0) is 19.4 Å². The van der Waals surface area contributed by atoms with Crippen molar-refractivity contribution in [1.29, 1.82) is 0 Å². The summed E-state index contributed by atoms with van der Waals surface area (Å²) in [7, 11) is 1.61. The molecule has 2 aliphatic heterocycles. The average Bonchev–Trinajstić information content (AvgIpc) is 3.03. The average molecular weight is 269 g/mol. The van der Waals surface area contributed by atoms with Crippen LogP contribution in [-0.2, 0) is 14.3 Å². The molecule has 6 nitrogen and oxygen atoms in total. The van der Waals surface area contributed by atoms with Crippen molar-refractivity contribution in [2.75, 3.05) is 39.9 Å². The Labute approximate surface area is 113 Å². The Balaban J connectivity index is 1.72. The lowest BCUT2D eigenvalue weighted by Crippen LogP contribution is -2.40. The van der Waals surface area contributed by atoms with Gasteiger partial charge in [0.05, 0.1) is 12.5 Å². The van der Waals surface area contributed by atoms with Gasteiger partial charge in [0, 0.05) is 39.2 Å². The number of hydrogen-bond acceptors (Lipinski definition) is 4. The number of amides is 2. The number of methoxy groups -OCH3 is 1. The maximum Gasteiger partial charge on any atom is 0.225 e. The number of carbonyl (C=O) groups is 2. The summed E-state index contributed by atoms with van der Waals surface area (Å²) in [4.78, 5) is 25.5. The van der Waals surface area contributed by atoms with Gasteiger partial charge in [0.2, 0.25) is 11.8 Å². The van der Waals surface area contributed by atoms with E-state index in [1.165, 1.54) is 6.42 Å². The first-order valence-electron chi connectivity index (χ1n) is 6.98. The van der Waals surface area contributed by atoms with Crippen LogP contribution >= 0.6 is 0 Å². The molecule has 6 heteroatoms. The van der Waals surface area contributed by atoms with Gasteiger partial charge in [-0.3, -0.25) is 9.59 Å². The van der Waals surface area contributed by atoms with Gasteiger partial charge in [0.25, 0.3) is 0 Å². The molecule has 2 heterocycles. The Morgan fingerprint density at radius 1 is 1.58 bits per heavy atom. The molecule has 19 heavy (non-hydrogen) atoms. The predicted octanol–water partition coefficient (Wildman–Crippen LogP) is -0.650. The molecule has 0 radical (unpaired) electrons. The summed E-state index contributed by atoms with van der Waals surface area (Å²) in [5, 5.41) is 6.29. The minimum absolute atomic E-state index is 0.00182. The van der Waals surface area contributed by atoms with Gasteiger partial charge in [-0.25, -0.2) is 0 Å². The molecule has 0 aliphatic carbocycles. The summed E-state index contributed by atoms with van der Waals surface area (Å²) < 4.78 is 4.96. The summed E-state index contributed by atoms with van der Waals surface area (Å²) in [6.07, 6.45) is 2.62. The molecular formula is C13H23N3O3.